The summed E-state index contributed by atoms with van der Waals surface area (Å²) in [5.41, 5.74) is 3.51. The fraction of sp³-hybridized carbons (Fsp3) is 0.381. The number of hydrogen-bond acceptors (Lipinski definition) is 3. The second kappa shape index (κ2) is 11.2. The number of aliphatic imine (C=N–C) groups is 1. The topological polar surface area (TPSA) is 54.9 Å². The smallest absolute Gasteiger partial charge is 0.191 e. The van der Waals surface area contributed by atoms with Crippen molar-refractivity contribution in [2.75, 3.05) is 27.4 Å². The molecule has 2 aromatic rings. The van der Waals surface area contributed by atoms with Gasteiger partial charge in [0.05, 0.1) is 6.61 Å². The third-order valence-corrected chi connectivity index (χ3v) is 3.95. The predicted molar refractivity (Wildman–Crippen MR) is 107 cm³/mol. The first-order chi connectivity index (χ1) is 12.7. The quantitative estimate of drug-likeness (QED) is 0.412. The van der Waals surface area contributed by atoms with Crippen LogP contribution in [0, 0.1) is 6.92 Å². The fourth-order valence-electron chi connectivity index (χ4n) is 2.51. The van der Waals surface area contributed by atoms with E-state index in [0.717, 1.165) is 30.2 Å². The van der Waals surface area contributed by atoms with Gasteiger partial charge in [0.15, 0.2) is 5.96 Å². The van der Waals surface area contributed by atoms with E-state index in [2.05, 4.69) is 52.9 Å². The summed E-state index contributed by atoms with van der Waals surface area (Å²) in [5.74, 6) is 1.67. The molecule has 0 bridgehead atoms. The molecular formula is C21H29N3O2. The van der Waals surface area contributed by atoms with Gasteiger partial charge in [-0.05, 0) is 24.1 Å². The normalized spacial score (nSPS) is 11.3. The Morgan fingerprint density at radius 3 is 2.50 bits per heavy atom. The van der Waals surface area contributed by atoms with Crippen molar-refractivity contribution in [2.45, 2.75) is 26.4 Å². The molecule has 2 rings (SSSR count). The minimum absolute atomic E-state index is 0.644. The van der Waals surface area contributed by atoms with Crippen molar-refractivity contribution < 1.29 is 9.47 Å². The average molecular weight is 355 g/mol. The molecule has 140 valence electrons. The van der Waals surface area contributed by atoms with Crippen LogP contribution in [0.5, 0.6) is 5.75 Å². The highest BCUT2D eigenvalue weighted by Gasteiger charge is 2.06. The van der Waals surface area contributed by atoms with Gasteiger partial charge in [-0.15, -0.1) is 0 Å². The maximum Gasteiger partial charge on any atom is 0.191 e. The number of ether oxygens (including phenoxy) is 2. The van der Waals surface area contributed by atoms with Crippen LogP contribution in [0.15, 0.2) is 53.5 Å². The van der Waals surface area contributed by atoms with E-state index in [1.807, 2.05) is 18.2 Å². The molecule has 5 heteroatoms. The zero-order valence-electron chi connectivity index (χ0n) is 15.9. The fourth-order valence-corrected chi connectivity index (χ4v) is 2.51. The first kappa shape index (κ1) is 19.8. The van der Waals surface area contributed by atoms with Gasteiger partial charge in [0, 0.05) is 45.8 Å². The molecule has 0 fully saturated rings. The van der Waals surface area contributed by atoms with Crippen LogP contribution in [0.2, 0.25) is 0 Å². The van der Waals surface area contributed by atoms with Crippen molar-refractivity contribution in [2.24, 2.45) is 4.99 Å². The molecule has 0 heterocycles. The molecular weight excluding hydrogens is 326 g/mol. The van der Waals surface area contributed by atoms with Gasteiger partial charge in [0.2, 0.25) is 0 Å². The van der Waals surface area contributed by atoms with Gasteiger partial charge < -0.3 is 20.1 Å². The van der Waals surface area contributed by atoms with Gasteiger partial charge in [-0.1, -0.05) is 42.5 Å². The summed E-state index contributed by atoms with van der Waals surface area (Å²) in [5, 5.41) is 6.68. The van der Waals surface area contributed by atoms with Crippen LogP contribution in [0.3, 0.4) is 0 Å². The van der Waals surface area contributed by atoms with Gasteiger partial charge in [-0.3, -0.25) is 4.99 Å². The highest BCUT2D eigenvalue weighted by atomic mass is 16.5. The van der Waals surface area contributed by atoms with E-state index in [1.54, 1.807) is 14.2 Å². The predicted octanol–water partition coefficient (Wildman–Crippen LogP) is 3.28. The van der Waals surface area contributed by atoms with Crippen molar-refractivity contribution in [1.29, 1.82) is 0 Å². The monoisotopic (exact) mass is 355 g/mol. The Morgan fingerprint density at radius 1 is 1.00 bits per heavy atom. The summed E-state index contributed by atoms with van der Waals surface area (Å²) in [6.07, 6.45) is 0.873. The van der Waals surface area contributed by atoms with Crippen LogP contribution in [-0.2, 0) is 17.8 Å². The summed E-state index contributed by atoms with van der Waals surface area (Å²) in [6, 6.07) is 16.5. The van der Waals surface area contributed by atoms with Gasteiger partial charge in [-0.25, -0.2) is 0 Å². The van der Waals surface area contributed by atoms with Crippen LogP contribution in [-0.4, -0.2) is 33.3 Å². The van der Waals surface area contributed by atoms with Crippen LogP contribution >= 0.6 is 0 Å². The van der Waals surface area contributed by atoms with Crippen LogP contribution in [0.1, 0.15) is 23.1 Å². The Labute approximate surface area is 156 Å². The number of nitrogens with one attached hydrogen (secondary N) is 2. The Kier molecular flexibility index (Phi) is 8.49. The molecule has 5 nitrogen and oxygen atoms in total. The summed E-state index contributed by atoms with van der Waals surface area (Å²) in [6.45, 7) is 4.80. The Hall–Kier alpha value is -2.53. The molecule has 0 unspecified atom stereocenters. The number of guanidine groups is 1. The molecule has 0 aromatic heterocycles. The van der Waals surface area contributed by atoms with Crippen molar-refractivity contribution in [3.8, 4) is 5.75 Å². The standard InChI is InChI=1S/C21H29N3O2/c1-17-10-11-19(20(14-17)26-13-7-12-25-3)16-24-21(22-2)23-15-18-8-5-4-6-9-18/h4-6,8-11,14H,7,12-13,15-16H2,1-3H3,(H2,22,23,24). The first-order valence-corrected chi connectivity index (χ1v) is 8.92. The molecule has 2 aromatic carbocycles. The Bertz CT molecular complexity index is 687. The number of hydrogen-bond donors (Lipinski definition) is 2. The number of aryl methyl sites for hydroxylation is 1. The lowest BCUT2D eigenvalue weighted by atomic mass is 10.1. The van der Waals surface area contributed by atoms with Gasteiger partial charge in [0.1, 0.15) is 5.75 Å². The molecule has 0 saturated heterocycles. The molecule has 0 aliphatic heterocycles. The van der Waals surface area contributed by atoms with Crippen molar-refractivity contribution in [1.82, 2.24) is 10.6 Å². The lowest BCUT2D eigenvalue weighted by molar-refractivity contribution is 0.171. The molecule has 0 aliphatic rings. The van der Waals surface area contributed by atoms with Crippen LogP contribution in [0.4, 0.5) is 0 Å². The molecule has 0 saturated carbocycles. The number of benzene rings is 2. The number of methoxy groups -OCH3 is 1. The van der Waals surface area contributed by atoms with E-state index in [9.17, 15) is 0 Å². The van der Waals surface area contributed by atoms with Crippen LogP contribution < -0.4 is 15.4 Å². The largest absolute Gasteiger partial charge is 0.493 e. The van der Waals surface area contributed by atoms with Gasteiger partial charge in [0.25, 0.3) is 0 Å². The number of rotatable bonds is 9. The van der Waals surface area contributed by atoms with Crippen LogP contribution in [0.25, 0.3) is 0 Å². The maximum atomic E-state index is 5.93. The summed E-state index contributed by atoms with van der Waals surface area (Å²) >= 11 is 0. The summed E-state index contributed by atoms with van der Waals surface area (Å²) in [4.78, 5) is 4.29. The Balaban J connectivity index is 1.89. The lowest BCUT2D eigenvalue weighted by Crippen LogP contribution is -2.36. The highest BCUT2D eigenvalue weighted by molar-refractivity contribution is 5.79. The average Bonchev–Trinajstić information content (AvgIpc) is 2.67. The second-order valence-electron chi connectivity index (χ2n) is 6.07. The molecule has 0 radical (unpaired) electrons. The van der Waals surface area contributed by atoms with Crippen molar-refractivity contribution >= 4 is 5.96 Å². The molecule has 0 spiro atoms. The number of nitrogens with zero attached hydrogens (tertiary/aromatic N) is 1. The third kappa shape index (κ3) is 6.76. The second-order valence-corrected chi connectivity index (χ2v) is 6.07. The zero-order chi connectivity index (χ0) is 18.6. The summed E-state index contributed by atoms with van der Waals surface area (Å²) in [7, 11) is 3.48. The van der Waals surface area contributed by atoms with E-state index in [0.29, 0.717) is 19.8 Å². The maximum absolute atomic E-state index is 5.93. The molecule has 2 N–H and O–H groups in total. The Morgan fingerprint density at radius 2 is 1.77 bits per heavy atom. The minimum Gasteiger partial charge on any atom is -0.493 e. The lowest BCUT2D eigenvalue weighted by Gasteiger charge is -2.15. The minimum atomic E-state index is 0.644. The van der Waals surface area contributed by atoms with Gasteiger partial charge >= 0.3 is 0 Å². The van der Waals surface area contributed by atoms with E-state index >= 15 is 0 Å². The SMILES string of the molecule is CN=C(NCc1ccccc1)NCc1ccc(C)cc1OCCCOC. The third-order valence-electron chi connectivity index (χ3n) is 3.95. The molecule has 0 atom stereocenters. The first-order valence-electron chi connectivity index (χ1n) is 8.92. The van der Waals surface area contributed by atoms with Gasteiger partial charge in [-0.2, -0.15) is 0 Å². The van der Waals surface area contributed by atoms with E-state index < -0.39 is 0 Å². The molecule has 0 amide bonds. The summed E-state index contributed by atoms with van der Waals surface area (Å²) < 4.78 is 11.0. The zero-order valence-corrected chi connectivity index (χ0v) is 15.9. The van der Waals surface area contributed by atoms with E-state index in [4.69, 9.17) is 9.47 Å². The molecule has 0 aliphatic carbocycles. The van der Waals surface area contributed by atoms with E-state index in [1.165, 1.54) is 11.1 Å². The van der Waals surface area contributed by atoms with Crippen molar-refractivity contribution in [3.05, 3.63) is 65.2 Å². The van der Waals surface area contributed by atoms with E-state index in [-0.39, 0.29) is 0 Å². The highest BCUT2D eigenvalue weighted by Crippen LogP contribution is 2.20. The van der Waals surface area contributed by atoms with Crippen molar-refractivity contribution in [3.63, 3.8) is 0 Å². The molecule has 26 heavy (non-hydrogen) atoms.